The first-order chi connectivity index (χ1) is 9.97. The molecule has 106 valence electrons. The second-order valence-corrected chi connectivity index (χ2v) is 7.03. The summed E-state index contributed by atoms with van der Waals surface area (Å²) in [6, 6.07) is 10.9. The molecule has 1 aliphatic carbocycles. The Morgan fingerprint density at radius 2 is 1.38 bits per heavy atom. The number of sulfone groups is 1. The van der Waals surface area contributed by atoms with Crippen molar-refractivity contribution in [2.75, 3.05) is 5.75 Å². The van der Waals surface area contributed by atoms with Crippen molar-refractivity contribution in [1.29, 1.82) is 0 Å². The number of fused-ring (bicyclic) bond motifs is 2. The van der Waals surface area contributed by atoms with Crippen molar-refractivity contribution in [3.8, 4) is 0 Å². The molecule has 2 aromatic carbocycles. The molecule has 0 saturated carbocycles. The first kappa shape index (κ1) is 13.7. The Kier molecular flexibility index (Phi) is 3.02. The quantitative estimate of drug-likeness (QED) is 0.728. The van der Waals surface area contributed by atoms with E-state index in [4.69, 9.17) is 0 Å². The lowest BCUT2D eigenvalue weighted by atomic mass is 9.84. The van der Waals surface area contributed by atoms with Crippen molar-refractivity contribution in [2.45, 2.75) is 11.8 Å². The largest absolute Gasteiger partial charge is 0.289 e. The number of hydrogen-bond donors (Lipinski definition) is 0. The van der Waals surface area contributed by atoms with Crippen LogP contribution in [0.5, 0.6) is 0 Å². The van der Waals surface area contributed by atoms with Crippen LogP contribution >= 0.6 is 0 Å². The normalized spacial score (nSPS) is 13.8. The molecule has 2 aromatic rings. The summed E-state index contributed by atoms with van der Waals surface area (Å²) < 4.78 is 24.3. The van der Waals surface area contributed by atoms with Crippen molar-refractivity contribution in [2.24, 2.45) is 0 Å². The molecule has 0 bridgehead atoms. The van der Waals surface area contributed by atoms with Gasteiger partial charge < -0.3 is 0 Å². The van der Waals surface area contributed by atoms with E-state index in [1.165, 1.54) is 25.1 Å². The molecule has 21 heavy (non-hydrogen) atoms. The van der Waals surface area contributed by atoms with E-state index in [-0.39, 0.29) is 33.1 Å². The second kappa shape index (κ2) is 4.63. The van der Waals surface area contributed by atoms with Gasteiger partial charge in [0.2, 0.25) is 0 Å². The molecule has 0 amide bonds. The van der Waals surface area contributed by atoms with Gasteiger partial charge >= 0.3 is 0 Å². The highest BCUT2D eigenvalue weighted by atomic mass is 32.2. The van der Waals surface area contributed by atoms with Crippen LogP contribution in [0, 0.1) is 0 Å². The summed E-state index contributed by atoms with van der Waals surface area (Å²) in [7, 11) is -3.57. The molecule has 5 heteroatoms. The van der Waals surface area contributed by atoms with Crippen LogP contribution in [-0.2, 0) is 9.84 Å². The molecule has 0 saturated heterocycles. The maximum absolute atomic E-state index is 12.6. The molecule has 0 N–H and O–H groups in total. The number of rotatable bonds is 2. The zero-order valence-corrected chi connectivity index (χ0v) is 12.1. The first-order valence-electron chi connectivity index (χ1n) is 6.51. The third-order valence-corrected chi connectivity index (χ3v) is 5.40. The first-order valence-corrected chi connectivity index (χ1v) is 8.17. The monoisotopic (exact) mass is 300 g/mol. The summed E-state index contributed by atoms with van der Waals surface area (Å²) in [5.41, 5.74) is 0.742. The molecule has 0 heterocycles. The fourth-order valence-electron chi connectivity index (χ4n) is 2.53. The fraction of sp³-hybridized carbons (Fsp3) is 0.125. The van der Waals surface area contributed by atoms with Crippen molar-refractivity contribution in [1.82, 2.24) is 0 Å². The Balaban J connectivity index is 2.37. The summed E-state index contributed by atoms with van der Waals surface area (Å²) in [5.74, 6) is -0.840. The topological polar surface area (TPSA) is 68.3 Å². The highest BCUT2D eigenvalue weighted by molar-refractivity contribution is 7.91. The maximum atomic E-state index is 12.6. The molecule has 0 aromatic heterocycles. The van der Waals surface area contributed by atoms with Gasteiger partial charge in [-0.25, -0.2) is 8.42 Å². The lowest BCUT2D eigenvalue weighted by Crippen LogP contribution is -2.24. The van der Waals surface area contributed by atoms with Crippen LogP contribution in [0.2, 0.25) is 0 Å². The summed E-state index contributed by atoms with van der Waals surface area (Å²) >= 11 is 0. The zero-order chi connectivity index (χ0) is 15.2. The SMILES string of the molecule is CCS(=O)(=O)c1cccc2c1C(=O)c1ccccc1C2=O. The van der Waals surface area contributed by atoms with E-state index in [0.29, 0.717) is 5.56 Å². The molecule has 0 unspecified atom stereocenters. The smallest absolute Gasteiger partial charge is 0.195 e. The number of ketones is 2. The molecule has 0 atom stereocenters. The standard InChI is InChI=1S/C16H12O4S/c1-2-21(19,20)13-9-5-8-12-14(13)16(18)11-7-4-3-6-10(11)15(12)17/h3-9H,2H2,1H3. The van der Waals surface area contributed by atoms with Gasteiger partial charge in [0.1, 0.15) is 0 Å². The number of benzene rings is 2. The average Bonchev–Trinajstić information content (AvgIpc) is 2.52. The predicted molar refractivity (Wildman–Crippen MR) is 77.5 cm³/mol. The Bertz CT molecular complexity index is 879. The molecule has 0 fully saturated rings. The molecular formula is C16H12O4S. The summed E-state index contributed by atoms with van der Waals surface area (Å²) in [6.07, 6.45) is 0. The van der Waals surface area contributed by atoms with Crippen LogP contribution in [0.4, 0.5) is 0 Å². The van der Waals surface area contributed by atoms with Crippen molar-refractivity contribution in [3.63, 3.8) is 0 Å². The summed E-state index contributed by atoms with van der Waals surface area (Å²) in [6.45, 7) is 1.51. The minimum absolute atomic E-state index is 0.00282. The van der Waals surface area contributed by atoms with E-state index < -0.39 is 15.6 Å². The van der Waals surface area contributed by atoms with E-state index in [0.717, 1.165) is 0 Å². The Labute approximate surface area is 122 Å². The van der Waals surface area contributed by atoms with Crippen LogP contribution in [0.1, 0.15) is 38.8 Å². The molecule has 1 aliphatic rings. The summed E-state index contributed by atoms with van der Waals surface area (Å²) in [4.78, 5) is 25.0. The van der Waals surface area contributed by atoms with Gasteiger partial charge in [0.15, 0.2) is 21.4 Å². The van der Waals surface area contributed by atoms with Crippen molar-refractivity contribution < 1.29 is 18.0 Å². The van der Waals surface area contributed by atoms with Crippen LogP contribution in [0.3, 0.4) is 0 Å². The lowest BCUT2D eigenvalue weighted by Gasteiger charge is -2.19. The molecule has 0 spiro atoms. The third kappa shape index (κ3) is 1.93. The fourth-order valence-corrected chi connectivity index (χ4v) is 3.64. The maximum Gasteiger partial charge on any atom is 0.195 e. The van der Waals surface area contributed by atoms with Gasteiger partial charge in [0.25, 0.3) is 0 Å². The highest BCUT2D eigenvalue weighted by Gasteiger charge is 2.33. The number of hydrogen-bond acceptors (Lipinski definition) is 4. The Hall–Kier alpha value is -2.27. The van der Waals surface area contributed by atoms with Crippen LogP contribution < -0.4 is 0 Å². The minimum Gasteiger partial charge on any atom is -0.289 e. The van der Waals surface area contributed by atoms with Gasteiger partial charge in [0.05, 0.1) is 16.2 Å². The average molecular weight is 300 g/mol. The van der Waals surface area contributed by atoms with Gasteiger partial charge in [-0.05, 0) is 6.07 Å². The van der Waals surface area contributed by atoms with Crippen LogP contribution in [0.15, 0.2) is 47.4 Å². The highest BCUT2D eigenvalue weighted by Crippen LogP contribution is 2.31. The zero-order valence-electron chi connectivity index (χ0n) is 11.3. The van der Waals surface area contributed by atoms with Gasteiger partial charge in [-0.3, -0.25) is 9.59 Å². The molecular weight excluding hydrogens is 288 g/mol. The van der Waals surface area contributed by atoms with E-state index in [1.807, 2.05) is 0 Å². The predicted octanol–water partition coefficient (Wildman–Crippen LogP) is 2.26. The van der Waals surface area contributed by atoms with E-state index in [1.54, 1.807) is 24.3 Å². The van der Waals surface area contributed by atoms with Gasteiger partial charge in [-0.15, -0.1) is 0 Å². The van der Waals surface area contributed by atoms with Gasteiger partial charge in [0, 0.05) is 16.7 Å². The molecule has 4 nitrogen and oxygen atoms in total. The minimum atomic E-state index is -3.57. The Morgan fingerprint density at radius 1 is 0.810 bits per heavy atom. The third-order valence-electron chi connectivity index (χ3n) is 3.63. The molecule has 3 rings (SSSR count). The summed E-state index contributed by atoms with van der Waals surface area (Å²) in [5, 5.41) is 0. The van der Waals surface area contributed by atoms with Crippen molar-refractivity contribution >= 4 is 21.4 Å². The number of carbonyl (C=O) groups excluding carboxylic acids is 2. The van der Waals surface area contributed by atoms with E-state index in [2.05, 4.69) is 0 Å². The second-order valence-electron chi connectivity index (χ2n) is 4.79. The van der Waals surface area contributed by atoms with Crippen LogP contribution in [-0.4, -0.2) is 25.7 Å². The van der Waals surface area contributed by atoms with Crippen molar-refractivity contribution in [3.05, 3.63) is 64.7 Å². The van der Waals surface area contributed by atoms with Gasteiger partial charge in [-0.2, -0.15) is 0 Å². The molecule has 0 radical (unpaired) electrons. The Morgan fingerprint density at radius 3 is 2.00 bits per heavy atom. The lowest BCUT2D eigenvalue weighted by molar-refractivity contribution is 0.0976. The van der Waals surface area contributed by atoms with E-state index in [9.17, 15) is 18.0 Å². The number of carbonyl (C=O) groups is 2. The van der Waals surface area contributed by atoms with Crippen LogP contribution in [0.25, 0.3) is 0 Å². The van der Waals surface area contributed by atoms with Gasteiger partial charge in [-0.1, -0.05) is 43.3 Å². The van der Waals surface area contributed by atoms with E-state index >= 15 is 0 Å². The molecule has 0 aliphatic heterocycles.